The predicted octanol–water partition coefficient (Wildman–Crippen LogP) is 1.02. The van der Waals surface area contributed by atoms with Gasteiger partial charge >= 0.3 is 0 Å². The minimum Gasteiger partial charge on any atom is -0.311 e. The van der Waals surface area contributed by atoms with E-state index in [9.17, 15) is 8.42 Å². The van der Waals surface area contributed by atoms with Gasteiger partial charge in [-0.25, -0.2) is 12.7 Å². The molecular formula is C15H29N3O2S. The van der Waals surface area contributed by atoms with Crippen molar-refractivity contribution in [3.63, 3.8) is 0 Å². The van der Waals surface area contributed by atoms with Crippen LogP contribution in [0.2, 0.25) is 0 Å². The molecule has 0 amide bonds. The molecule has 0 radical (unpaired) electrons. The first-order valence-electron chi connectivity index (χ1n) is 8.45. The Morgan fingerprint density at radius 3 is 2.10 bits per heavy atom. The second kappa shape index (κ2) is 6.14. The van der Waals surface area contributed by atoms with Gasteiger partial charge in [0.2, 0.25) is 10.0 Å². The van der Waals surface area contributed by atoms with E-state index in [0.717, 1.165) is 24.9 Å². The fourth-order valence-corrected chi connectivity index (χ4v) is 5.50. The first-order valence-corrected chi connectivity index (χ1v) is 10.1. The summed E-state index contributed by atoms with van der Waals surface area (Å²) in [6.45, 7) is 3.11. The normalized spacial score (nSPS) is 36.2. The van der Waals surface area contributed by atoms with Crippen molar-refractivity contribution >= 4 is 10.0 Å². The second-order valence-electron chi connectivity index (χ2n) is 6.96. The van der Waals surface area contributed by atoms with Gasteiger partial charge in [-0.2, -0.15) is 0 Å². The largest absolute Gasteiger partial charge is 0.311 e. The molecule has 0 aromatic carbocycles. The molecule has 21 heavy (non-hydrogen) atoms. The van der Waals surface area contributed by atoms with Crippen molar-refractivity contribution in [2.45, 2.75) is 69.6 Å². The summed E-state index contributed by atoms with van der Waals surface area (Å²) in [6, 6.07) is 2.67. The van der Waals surface area contributed by atoms with Crippen molar-refractivity contribution in [2.24, 2.45) is 0 Å². The van der Waals surface area contributed by atoms with Crippen LogP contribution in [0, 0.1) is 0 Å². The Balaban J connectivity index is 1.48. The molecule has 0 aromatic heterocycles. The van der Waals surface area contributed by atoms with Gasteiger partial charge in [-0.15, -0.1) is 0 Å². The van der Waals surface area contributed by atoms with E-state index >= 15 is 0 Å². The molecule has 5 nitrogen and oxygen atoms in total. The molecule has 0 aliphatic carbocycles. The molecule has 3 fully saturated rings. The van der Waals surface area contributed by atoms with E-state index in [1.54, 1.807) is 11.2 Å². The second-order valence-corrected chi connectivity index (χ2v) is 9.22. The summed E-state index contributed by atoms with van der Waals surface area (Å²) in [5.74, 6) is 0.226. The summed E-state index contributed by atoms with van der Waals surface area (Å²) in [5, 5.41) is 3.82. The van der Waals surface area contributed by atoms with Gasteiger partial charge in [-0.3, -0.25) is 0 Å². The van der Waals surface area contributed by atoms with Gasteiger partial charge in [0.05, 0.1) is 5.75 Å². The van der Waals surface area contributed by atoms with E-state index in [1.807, 2.05) is 0 Å². The Kier molecular flexibility index (Phi) is 4.60. The fourth-order valence-electron chi connectivity index (χ4n) is 4.36. The highest BCUT2D eigenvalue weighted by Crippen LogP contribution is 2.34. The Morgan fingerprint density at radius 2 is 1.57 bits per heavy atom. The van der Waals surface area contributed by atoms with Crippen LogP contribution in [0.3, 0.4) is 0 Å². The molecule has 2 bridgehead atoms. The molecule has 122 valence electrons. The maximum absolute atomic E-state index is 11.9. The van der Waals surface area contributed by atoms with Crippen molar-refractivity contribution in [3.05, 3.63) is 0 Å². The first-order chi connectivity index (χ1) is 9.99. The van der Waals surface area contributed by atoms with Crippen LogP contribution in [-0.2, 0) is 10.0 Å². The van der Waals surface area contributed by atoms with Crippen molar-refractivity contribution in [3.8, 4) is 0 Å². The molecule has 0 aromatic rings. The standard InChI is InChI=1S/C15H29N3O2S/c1-3-21(19,20)18-8-6-12(7-9-18)16-13-10-14-4-5-15(11-13)17(14)2/h12-16H,3-11H2,1-2H3. The van der Waals surface area contributed by atoms with Crippen LogP contribution in [0.4, 0.5) is 0 Å². The molecule has 1 N–H and O–H groups in total. The van der Waals surface area contributed by atoms with Crippen molar-refractivity contribution < 1.29 is 8.42 Å². The lowest BCUT2D eigenvalue weighted by molar-refractivity contribution is 0.136. The van der Waals surface area contributed by atoms with Crippen LogP contribution in [0.15, 0.2) is 0 Å². The zero-order valence-corrected chi connectivity index (χ0v) is 14.1. The third-order valence-corrected chi connectivity index (χ3v) is 7.66. The molecule has 2 atom stereocenters. The zero-order valence-electron chi connectivity index (χ0n) is 13.3. The molecule has 3 rings (SSSR count). The van der Waals surface area contributed by atoms with Crippen LogP contribution in [-0.4, -0.2) is 67.7 Å². The summed E-state index contributed by atoms with van der Waals surface area (Å²) >= 11 is 0. The first kappa shape index (κ1) is 15.7. The maximum Gasteiger partial charge on any atom is 0.213 e. The molecule has 3 aliphatic heterocycles. The van der Waals surface area contributed by atoms with Gasteiger partial charge in [0.1, 0.15) is 0 Å². The lowest BCUT2D eigenvalue weighted by atomic mass is 9.95. The van der Waals surface area contributed by atoms with E-state index in [1.165, 1.54) is 25.7 Å². The molecule has 3 aliphatic rings. The van der Waals surface area contributed by atoms with Gasteiger partial charge in [0.15, 0.2) is 0 Å². The topological polar surface area (TPSA) is 52.7 Å². The molecular weight excluding hydrogens is 286 g/mol. The average molecular weight is 315 g/mol. The van der Waals surface area contributed by atoms with Crippen molar-refractivity contribution in [1.82, 2.24) is 14.5 Å². The summed E-state index contributed by atoms with van der Waals surface area (Å²) in [4.78, 5) is 2.56. The van der Waals surface area contributed by atoms with Gasteiger partial charge in [-0.05, 0) is 52.5 Å². The number of piperidine rings is 2. The fraction of sp³-hybridized carbons (Fsp3) is 1.00. The number of sulfonamides is 1. The number of fused-ring (bicyclic) bond motifs is 2. The number of nitrogens with zero attached hydrogens (tertiary/aromatic N) is 2. The van der Waals surface area contributed by atoms with Crippen LogP contribution >= 0.6 is 0 Å². The lowest BCUT2D eigenvalue weighted by Crippen LogP contribution is -2.52. The summed E-state index contributed by atoms with van der Waals surface area (Å²) in [6.07, 6.45) is 7.15. The van der Waals surface area contributed by atoms with E-state index in [2.05, 4.69) is 17.3 Å². The molecule has 0 spiro atoms. The molecule has 3 saturated heterocycles. The smallest absolute Gasteiger partial charge is 0.213 e. The minimum atomic E-state index is -2.99. The summed E-state index contributed by atoms with van der Waals surface area (Å²) in [7, 11) is -0.723. The van der Waals surface area contributed by atoms with Gasteiger partial charge in [0, 0.05) is 37.3 Å². The van der Waals surface area contributed by atoms with E-state index in [0.29, 0.717) is 25.2 Å². The summed E-state index contributed by atoms with van der Waals surface area (Å²) in [5.41, 5.74) is 0. The molecule has 0 saturated carbocycles. The van der Waals surface area contributed by atoms with Crippen molar-refractivity contribution in [2.75, 3.05) is 25.9 Å². The highest BCUT2D eigenvalue weighted by atomic mass is 32.2. The maximum atomic E-state index is 11.9. The van der Waals surface area contributed by atoms with Crippen LogP contribution in [0.5, 0.6) is 0 Å². The highest BCUT2D eigenvalue weighted by molar-refractivity contribution is 7.89. The highest BCUT2D eigenvalue weighted by Gasteiger charge is 2.39. The Hall–Kier alpha value is -0.170. The molecule has 6 heteroatoms. The molecule has 2 unspecified atom stereocenters. The van der Waals surface area contributed by atoms with Crippen LogP contribution in [0.1, 0.15) is 45.4 Å². The Bertz CT molecular complexity index is 446. The van der Waals surface area contributed by atoms with E-state index in [-0.39, 0.29) is 5.75 Å². The number of hydrogen-bond acceptors (Lipinski definition) is 4. The van der Waals surface area contributed by atoms with E-state index in [4.69, 9.17) is 0 Å². The molecule has 3 heterocycles. The average Bonchev–Trinajstić information content (AvgIpc) is 2.70. The van der Waals surface area contributed by atoms with Crippen LogP contribution < -0.4 is 5.32 Å². The monoisotopic (exact) mass is 315 g/mol. The predicted molar refractivity (Wildman–Crippen MR) is 84.8 cm³/mol. The third-order valence-electron chi connectivity index (χ3n) is 5.78. The summed E-state index contributed by atoms with van der Waals surface area (Å²) < 4.78 is 25.4. The minimum absolute atomic E-state index is 0.226. The van der Waals surface area contributed by atoms with Gasteiger partial charge in [-0.1, -0.05) is 0 Å². The zero-order chi connectivity index (χ0) is 15.0. The number of hydrogen-bond donors (Lipinski definition) is 1. The lowest BCUT2D eigenvalue weighted by Gasteiger charge is -2.40. The third kappa shape index (κ3) is 3.28. The quantitative estimate of drug-likeness (QED) is 0.841. The Labute approximate surface area is 129 Å². The van der Waals surface area contributed by atoms with Gasteiger partial charge in [0.25, 0.3) is 0 Å². The van der Waals surface area contributed by atoms with Crippen molar-refractivity contribution in [1.29, 1.82) is 0 Å². The Morgan fingerprint density at radius 1 is 1.00 bits per heavy atom. The van der Waals surface area contributed by atoms with Gasteiger partial charge < -0.3 is 10.2 Å². The SMILES string of the molecule is CCS(=O)(=O)N1CCC(NC2CC3CCC(C2)N3C)CC1. The van der Waals surface area contributed by atoms with Crippen LogP contribution in [0.25, 0.3) is 0 Å². The van der Waals surface area contributed by atoms with E-state index < -0.39 is 10.0 Å². The number of nitrogens with one attached hydrogen (secondary N) is 1. The number of rotatable bonds is 4.